The van der Waals surface area contributed by atoms with Crippen LogP contribution in [0.3, 0.4) is 0 Å². The van der Waals surface area contributed by atoms with Crippen LogP contribution in [0.2, 0.25) is 0 Å². The molecule has 1 amide bonds. The number of hydrogen-bond donors (Lipinski definition) is 2. The smallest absolute Gasteiger partial charge is 0.307 e. The molecule has 0 heterocycles. The van der Waals surface area contributed by atoms with Crippen LogP contribution in [0.25, 0.3) is 0 Å². The topological polar surface area (TPSA) is 66.4 Å². The van der Waals surface area contributed by atoms with E-state index in [2.05, 4.69) is 5.32 Å². The molecule has 2 aliphatic rings. The average molecular weight is 239 g/mol. The molecule has 3 unspecified atom stereocenters. The lowest BCUT2D eigenvalue weighted by Gasteiger charge is -2.40. The maximum absolute atomic E-state index is 12.1. The van der Waals surface area contributed by atoms with Crippen LogP contribution in [0.4, 0.5) is 0 Å². The highest BCUT2D eigenvalue weighted by Crippen LogP contribution is 2.38. The van der Waals surface area contributed by atoms with Gasteiger partial charge in [0.05, 0.1) is 11.8 Å². The molecule has 0 saturated heterocycles. The van der Waals surface area contributed by atoms with Crippen molar-refractivity contribution in [3.8, 4) is 0 Å². The minimum absolute atomic E-state index is 0.0519. The Morgan fingerprint density at radius 1 is 1.24 bits per heavy atom. The highest BCUT2D eigenvalue weighted by Gasteiger charge is 2.43. The molecule has 0 aromatic carbocycles. The molecule has 0 aliphatic heterocycles. The van der Waals surface area contributed by atoms with Crippen LogP contribution < -0.4 is 5.32 Å². The first kappa shape index (κ1) is 12.4. The Kier molecular flexibility index (Phi) is 3.15. The molecule has 0 bridgehead atoms. The third kappa shape index (κ3) is 2.45. The van der Waals surface area contributed by atoms with Gasteiger partial charge in [0.15, 0.2) is 0 Å². The van der Waals surface area contributed by atoms with E-state index >= 15 is 0 Å². The fourth-order valence-electron chi connectivity index (χ4n) is 3.08. The third-order valence-corrected chi connectivity index (χ3v) is 4.33. The third-order valence-electron chi connectivity index (χ3n) is 4.33. The molecule has 0 spiro atoms. The number of carboxylic acid groups (broad SMARTS) is 1. The molecule has 2 fully saturated rings. The summed E-state index contributed by atoms with van der Waals surface area (Å²) in [5.74, 6) is -1.37. The van der Waals surface area contributed by atoms with Crippen LogP contribution in [0, 0.1) is 17.8 Å². The van der Waals surface area contributed by atoms with Gasteiger partial charge in [-0.05, 0) is 44.9 Å². The van der Waals surface area contributed by atoms with Gasteiger partial charge < -0.3 is 10.4 Å². The molecule has 4 heteroatoms. The first-order chi connectivity index (χ1) is 7.91. The maximum atomic E-state index is 12.1. The van der Waals surface area contributed by atoms with Crippen molar-refractivity contribution in [3.05, 3.63) is 0 Å². The normalized spacial score (nSPS) is 35.1. The van der Waals surface area contributed by atoms with Gasteiger partial charge in [0.25, 0.3) is 0 Å². The largest absolute Gasteiger partial charge is 0.481 e. The van der Waals surface area contributed by atoms with Crippen molar-refractivity contribution < 1.29 is 14.7 Å². The Morgan fingerprint density at radius 2 is 1.82 bits per heavy atom. The second kappa shape index (κ2) is 4.31. The maximum Gasteiger partial charge on any atom is 0.307 e. The molecule has 0 radical (unpaired) electrons. The number of hydrogen-bond acceptors (Lipinski definition) is 2. The Balaban J connectivity index is 2.00. The van der Waals surface area contributed by atoms with Crippen molar-refractivity contribution in [2.75, 3.05) is 0 Å². The Morgan fingerprint density at radius 3 is 2.29 bits per heavy atom. The monoisotopic (exact) mass is 239 g/mol. The molecule has 2 rings (SSSR count). The molecule has 96 valence electrons. The van der Waals surface area contributed by atoms with Gasteiger partial charge in [-0.1, -0.05) is 6.92 Å². The molecule has 2 saturated carbocycles. The summed E-state index contributed by atoms with van der Waals surface area (Å²) in [6.45, 7) is 4.07. The van der Waals surface area contributed by atoms with Gasteiger partial charge in [0.1, 0.15) is 0 Å². The first-order valence-electron chi connectivity index (χ1n) is 6.46. The summed E-state index contributed by atoms with van der Waals surface area (Å²) >= 11 is 0. The van der Waals surface area contributed by atoms with Crippen molar-refractivity contribution in [1.82, 2.24) is 5.32 Å². The molecule has 2 aliphatic carbocycles. The van der Waals surface area contributed by atoms with Gasteiger partial charge in [0, 0.05) is 5.54 Å². The lowest BCUT2D eigenvalue weighted by atomic mass is 9.78. The first-order valence-corrected chi connectivity index (χ1v) is 6.46. The van der Waals surface area contributed by atoms with Gasteiger partial charge in [-0.25, -0.2) is 0 Å². The number of carboxylic acids is 1. The van der Waals surface area contributed by atoms with Gasteiger partial charge in [0.2, 0.25) is 5.91 Å². The molecular weight excluding hydrogens is 218 g/mol. The lowest BCUT2D eigenvalue weighted by molar-refractivity contribution is -0.146. The molecule has 0 aromatic heterocycles. The second-order valence-corrected chi connectivity index (χ2v) is 6.03. The lowest BCUT2D eigenvalue weighted by Crippen LogP contribution is -2.53. The number of amides is 1. The molecule has 4 nitrogen and oxygen atoms in total. The zero-order valence-electron chi connectivity index (χ0n) is 10.5. The summed E-state index contributed by atoms with van der Waals surface area (Å²) in [7, 11) is 0. The molecule has 0 aromatic rings. The predicted octanol–water partition coefficient (Wildman–Crippen LogP) is 1.79. The summed E-state index contributed by atoms with van der Waals surface area (Å²) in [4.78, 5) is 23.3. The van der Waals surface area contributed by atoms with Crippen LogP contribution in [0.15, 0.2) is 0 Å². The number of carbonyl (C=O) groups excluding carboxylic acids is 1. The van der Waals surface area contributed by atoms with Gasteiger partial charge >= 0.3 is 5.97 Å². The van der Waals surface area contributed by atoms with Crippen LogP contribution in [0.1, 0.15) is 46.0 Å². The molecule has 2 N–H and O–H groups in total. The molecule has 17 heavy (non-hydrogen) atoms. The molecular formula is C13H21NO3. The fourth-order valence-corrected chi connectivity index (χ4v) is 3.08. The number of carbonyl (C=O) groups is 2. The Labute approximate surface area is 102 Å². The fraction of sp³-hybridized carbons (Fsp3) is 0.846. The minimum Gasteiger partial charge on any atom is -0.481 e. The van der Waals surface area contributed by atoms with Crippen LogP contribution in [0.5, 0.6) is 0 Å². The van der Waals surface area contributed by atoms with Crippen molar-refractivity contribution in [3.63, 3.8) is 0 Å². The quantitative estimate of drug-likeness (QED) is 0.789. The van der Waals surface area contributed by atoms with E-state index in [-0.39, 0.29) is 17.4 Å². The standard InChI is InChI=1S/C13H21NO3/c1-8-6-9(10(7-8)12(16)17)11(15)14-13(2)4-3-5-13/h8-10H,3-7H2,1-2H3,(H,14,15)(H,16,17). The van der Waals surface area contributed by atoms with E-state index in [0.29, 0.717) is 18.8 Å². The van der Waals surface area contributed by atoms with Crippen LogP contribution in [-0.2, 0) is 9.59 Å². The van der Waals surface area contributed by atoms with E-state index in [1.165, 1.54) is 0 Å². The van der Waals surface area contributed by atoms with E-state index in [1.54, 1.807) is 0 Å². The van der Waals surface area contributed by atoms with E-state index in [9.17, 15) is 9.59 Å². The van der Waals surface area contributed by atoms with Crippen LogP contribution in [-0.4, -0.2) is 22.5 Å². The minimum atomic E-state index is -0.826. The van der Waals surface area contributed by atoms with E-state index in [0.717, 1.165) is 19.3 Å². The average Bonchev–Trinajstić information content (AvgIpc) is 2.58. The number of rotatable bonds is 3. The summed E-state index contributed by atoms with van der Waals surface area (Å²) in [6, 6.07) is 0. The summed E-state index contributed by atoms with van der Waals surface area (Å²) in [5, 5.41) is 12.2. The van der Waals surface area contributed by atoms with E-state index in [1.807, 2.05) is 13.8 Å². The van der Waals surface area contributed by atoms with Crippen molar-refractivity contribution in [2.45, 2.75) is 51.5 Å². The SMILES string of the molecule is CC1CC(C(=O)O)C(C(=O)NC2(C)CCC2)C1. The highest BCUT2D eigenvalue weighted by atomic mass is 16.4. The van der Waals surface area contributed by atoms with E-state index < -0.39 is 11.9 Å². The Bertz CT molecular complexity index is 336. The van der Waals surface area contributed by atoms with Crippen molar-refractivity contribution in [2.24, 2.45) is 17.8 Å². The summed E-state index contributed by atoms with van der Waals surface area (Å²) in [5.41, 5.74) is -0.0774. The van der Waals surface area contributed by atoms with Crippen molar-refractivity contribution in [1.29, 1.82) is 0 Å². The van der Waals surface area contributed by atoms with Gasteiger partial charge in [-0.3, -0.25) is 9.59 Å². The second-order valence-electron chi connectivity index (χ2n) is 6.03. The van der Waals surface area contributed by atoms with Gasteiger partial charge in [-0.15, -0.1) is 0 Å². The zero-order chi connectivity index (χ0) is 12.6. The van der Waals surface area contributed by atoms with Crippen LogP contribution >= 0.6 is 0 Å². The number of nitrogens with one attached hydrogen (secondary N) is 1. The predicted molar refractivity (Wildman–Crippen MR) is 63.4 cm³/mol. The summed E-state index contributed by atoms with van der Waals surface area (Å²) in [6.07, 6.45) is 4.51. The highest BCUT2D eigenvalue weighted by molar-refractivity contribution is 5.85. The number of aliphatic carboxylic acids is 1. The zero-order valence-corrected chi connectivity index (χ0v) is 10.5. The van der Waals surface area contributed by atoms with E-state index in [4.69, 9.17) is 5.11 Å². The Hall–Kier alpha value is -1.06. The van der Waals surface area contributed by atoms with Gasteiger partial charge in [-0.2, -0.15) is 0 Å². The summed E-state index contributed by atoms with van der Waals surface area (Å²) < 4.78 is 0. The molecule has 3 atom stereocenters. The van der Waals surface area contributed by atoms with Crippen molar-refractivity contribution >= 4 is 11.9 Å².